The Bertz CT molecular complexity index is 968. The molecular formula is C21H25FN2O4S. The van der Waals surface area contributed by atoms with Crippen molar-refractivity contribution in [1.82, 2.24) is 4.31 Å². The molecule has 2 aromatic carbocycles. The van der Waals surface area contributed by atoms with Crippen LogP contribution in [0.1, 0.15) is 24.8 Å². The molecule has 8 heteroatoms. The monoisotopic (exact) mass is 420 g/mol. The molecule has 0 aromatic heterocycles. The lowest BCUT2D eigenvalue weighted by Gasteiger charge is -2.40. The highest BCUT2D eigenvalue weighted by molar-refractivity contribution is 7.89. The first kappa shape index (κ1) is 21.3. The van der Waals surface area contributed by atoms with Gasteiger partial charge in [0.15, 0.2) is 0 Å². The van der Waals surface area contributed by atoms with Gasteiger partial charge in [-0.05, 0) is 61.7 Å². The molecule has 0 atom stereocenters. The van der Waals surface area contributed by atoms with Crippen molar-refractivity contribution in [2.45, 2.75) is 31.1 Å². The number of hydrogen-bond acceptors (Lipinski definition) is 4. The number of carbonyl (C=O) groups is 1. The Morgan fingerprint density at radius 2 is 1.83 bits per heavy atom. The van der Waals surface area contributed by atoms with Crippen molar-refractivity contribution in [2.24, 2.45) is 11.1 Å². The molecule has 1 aliphatic heterocycles. The quantitative estimate of drug-likeness (QED) is 0.746. The molecule has 156 valence electrons. The first-order valence-corrected chi connectivity index (χ1v) is 10.9. The highest BCUT2D eigenvalue weighted by Crippen LogP contribution is 2.37. The van der Waals surface area contributed by atoms with Crippen LogP contribution in [0.4, 0.5) is 4.39 Å². The second kappa shape index (κ2) is 8.51. The van der Waals surface area contributed by atoms with Crippen molar-refractivity contribution in [3.63, 3.8) is 0 Å². The van der Waals surface area contributed by atoms with Crippen LogP contribution in [-0.2, 0) is 14.8 Å². The van der Waals surface area contributed by atoms with Crippen LogP contribution in [0.5, 0.6) is 5.75 Å². The molecule has 0 unspecified atom stereocenters. The van der Waals surface area contributed by atoms with Crippen molar-refractivity contribution >= 4 is 15.9 Å². The Morgan fingerprint density at radius 1 is 1.17 bits per heavy atom. The molecule has 1 aliphatic rings. The molecule has 6 nitrogen and oxygen atoms in total. The Hall–Kier alpha value is -2.45. The lowest BCUT2D eigenvalue weighted by Crippen LogP contribution is -2.47. The summed E-state index contributed by atoms with van der Waals surface area (Å²) >= 11 is 0. The normalized spacial score (nSPS) is 17.0. The van der Waals surface area contributed by atoms with Crippen LogP contribution in [0, 0.1) is 18.2 Å². The number of halogens is 1. The standard InChI is InChI=1S/C21H25FN2O4S/c1-16-3-2-4-19(13-16)29(26,27)24-11-9-21(10-12-24,14-20(23)25)15-28-18-7-5-17(22)6-8-18/h2-8,13H,9-12,14-15H2,1H3,(H2,23,25). The fraction of sp³-hybridized carbons (Fsp3) is 0.381. The van der Waals surface area contributed by atoms with E-state index in [2.05, 4.69) is 0 Å². The molecule has 0 radical (unpaired) electrons. The Balaban J connectivity index is 1.72. The van der Waals surface area contributed by atoms with Crippen LogP contribution in [0.2, 0.25) is 0 Å². The highest BCUT2D eigenvalue weighted by atomic mass is 32.2. The van der Waals surface area contributed by atoms with Gasteiger partial charge in [0.25, 0.3) is 0 Å². The van der Waals surface area contributed by atoms with E-state index in [4.69, 9.17) is 10.5 Å². The second-order valence-electron chi connectivity index (χ2n) is 7.61. The van der Waals surface area contributed by atoms with E-state index in [1.165, 1.54) is 28.6 Å². The second-order valence-corrected chi connectivity index (χ2v) is 9.54. The van der Waals surface area contributed by atoms with E-state index in [0.717, 1.165) is 5.56 Å². The van der Waals surface area contributed by atoms with E-state index < -0.39 is 21.3 Å². The number of aryl methyl sites for hydroxylation is 1. The summed E-state index contributed by atoms with van der Waals surface area (Å²) in [4.78, 5) is 11.9. The van der Waals surface area contributed by atoms with E-state index in [1.807, 2.05) is 13.0 Å². The summed E-state index contributed by atoms with van der Waals surface area (Å²) in [7, 11) is -3.60. The summed E-state index contributed by atoms with van der Waals surface area (Å²) in [5.74, 6) is -0.327. The van der Waals surface area contributed by atoms with Gasteiger partial charge in [-0.15, -0.1) is 0 Å². The number of primary amides is 1. The predicted octanol–water partition coefficient (Wildman–Crippen LogP) is 2.86. The largest absolute Gasteiger partial charge is 0.493 e. The third-order valence-corrected chi connectivity index (χ3v) is 7.21. The van der Waals surface area contributed by atoms with E-state index in [0.29, 0.717) is 18.6 Å². The van der Waals surface area contributed by atoms with Crippen molar-refractivity contribution in [2.75, 3.05) is 19.7 Å². The average molecular weight is 421 g/mol. The minimum absolute atomic E-state index is 0.104. The lowest BCUT2D eigenvalue weighted by atomic mass is 9.76. The maximum absolute atomic E-state index is 13.1. The number of ether oxygens (including phenoxy) is 1. The molecule has 0 bridgehead atoms. The molecule has 1 amide bonds. The number of benzene rings is 2. The van der Waals surface area contributed by atoms with Crippen LogP contribution in [0.25, 0.3) is 0 Å². The topological polar surface area (TPSA) is 89.7 Å². The van der Waals surface area contributed by atoms with Crippen LogP contribution in [0.3, 0.4) is 0 Å². The number of nitrogens with zero attached hydrogens (tertiary/aromatic N) is 1. The molecule has 2 aromatic rings. The van der Waals surface area contributed by atoms with Gasteiger partial charge in [-0.25, -0.2) is 12.8 Å². The van der Waals surface area contributed by atoms with Gasteiger partial charge in [0.1, 0.15) is 11.6 Å². The van der Waals surface area contributed by atoms with Gasteiger partial charge in [-0.2, -0.15) is 4.31 Å². The van der Waals surface area contributed by atoms with Gasteiger partial charge in [-0.3, -0.25) is 4.79 Å². The third kappa shape index (κ3) is 5.13. The van der Waals surface area contributed by atoms with E-state index in [1.54, 1.807) is 18.2 Å². The van der Waals surface area contributed by atoms with Gasteiger partial charge < -0.3 is 10.5 Å². The Kier molecular flexibility index (Phi) is 6.24. The molecule has 2 N–H and O–H groups in total. The molecular weight excluding hydrogens is 395 g/mol. The van der Waals surface area contributed by atoms with Gasteiger partial charge in [0.2, 0.25) is 15.9 Å². The first-order valence-electron chi connectivity index (χ1n) is 9.44. The van der Waals surface area contributed by atoms with Crippen LogP contribution < -0.4 is 10.5 Å². The molecule has 1 heterocycles. The molecule has 29 heavy (non-hydrogen) atoms. The zero-order valence-corrected chi connectivity index (χ0v) is 17.1. The smallest absolute Gasteiger partial charge is 0.243 e. The molecule has 0 aliphatic carbocycles. The number of amides is 1. The van der Waals surface area contributed by atoms with Crippen LogP contribution in [-0.4, -0.2) is 38.3 Å². The Morgan fingerprint density at radius 3 is 2.41 bits per heavy atom. The van der Waals surface area contributed by atoms with Crippen LogP contribution in [0.15, 0.2) is 53.4 Å². The summed E-state index contributed by atoms with van der Waals surface area (Å²) in [6.45, 7) is 2.60. The highest BCUT2D eigenvalue weighted by Gasteiger charge is 2.40. The van der Waals surface area contributed by atoms with Crippen molar-refractivity contribution < 1.29 is 22.3 Å². The zero-order valence-electron chi connectivity index (χ0n) is 16.3. The van der Waals surface area contributed by atoms with Gasteiger partial charge in [0, 0.05) is 24.9 Å². The van der Waals surface area contributed by atoms with Gasteiger partial charge >= 0.3 is 0 Å². The fourth-order valence-electron chi connectivity index (χ4n) is 3.63. The maximum atomic E-state index is 13.1. The van der Waals surface area contributed by atoms with E-state index in [9.17, 15) is 17.6 Å². The van der Waals surface area contributed by atoms with Crippen LogP contribution >= 0.6 is 0 Å². The number of carbonyl (C=O) groups excluding carboxylic acids is 1. The maximum Gasteiger partial charge on any atom is 0.243 e. The molecule has 0 spiro atoms. The summed E-state index contributed by atoms with van der Waals surface area (Å²) < 4.78 is 46.2. The number of rotatable bonds is 7. The van der Waals surface area contributed by atoms with E-state index in [-0.39, 0.29) is 36.8 Å². The number of nitrogens with two attached hydrogens (primary N) is 1. The zero-order chi connectivity index (χ0) is 21.1. The summed E-state index contributed by atoms with van der Waals surface area (Å²) in [6, 6.07) is 12.4. The fourth-order valence-corrected chi connectivity index (χ4v) is 5.18. The molecule has 1 saturated heterocycles. The predicted molar refractivity (Wildman–Crippen MR) is 107 cm³/mol. The third-order valence-electron chi connectivity index (χ3n) is 5.32. The minimum Gasteiger partial charge on any atom is -0.493 e. The summed E-state index contributed by atoms with van der Waals surface area (Å²) in [6.07, 6.45) is 0.997. The SMILES string of the molecule is Cc1cccc(S(=O)(=O)N2CCC(COc3ccc(F)cc3)(CC(N)=O)CC2)c1. The average Bonchev–Trinajstić information content (AvgIpc) is 2.67. The van der Waals surface area contributed by atoms with Crippen molar-refractivity contribution in [3.05, 3.63) is 59.9 Å². The molecule has 1 fully saturated rings. The molecule has 0 saturated carbocycles. The van der Waals surface area contributed by atoms with Crippen molar-refractivity contribution in [3.8, 4) is 5.75 Å². The first-order chi connectivity index (χ1) is 13.7. The summed E-state index contributed by atoms with van der Waals surface area (Å²) in [5, 5.41) is 0. The molecule has 3 rings (SSSR count). The Labute approximate surface area is 170 Å². The van der Waals surface area contributed by atoms with E-state index >= 15 is 0 Å². The minimum atomic E-state index is -3.60. The number of sulfonamides is 1. The van der Waals surface area contributed by atoms with Crippen molar-refractivity contribution in [1.29, 1.82) is 0 Å². The number of hydrogen-bond donors (Lipinski definition) is 1. The lowest BCUT2D eigenvalue weighted by molar-refractivity contribution is -0.121. The van der Waals surface area contributed by atoms with Gasteiger partial charge in [0.05, 0.1) is 11.5 Å². The summed E-state index contributed by atoms with van der Waals surface area (Å²) in [5.41, 5.74) is 5.77. The van der Waals surface area contributed by atoms with Gasteiger partial charge in [-0.1, -0.05) is 12.1 Å². The number of piperidine rings is 1.